The molecule has 0 unspecified atom stereocenters. The lowest BCUT2D eigenvalue weighted by atomic mass is 9.93. The van der Waals surface area contributed by atoms with Gasteiger partial charge in [-0.15, -0.1) is 0 Å². The molecule has 1 aliphatic heterocycles. The summed E-state index contributed by atoms with van der Waals surface area (Å²) in [5.41, 5.74) is 7.11. The summed E-state index contributed by atoms with van der Waals surface area (Å²) in [6, 6.07) is 9.78. The average molecular weight is 335 g/mol. The lowest BCUT2D eigenvalue weighted by Gasteiger charge is -2.30. The zero-order valence-electron chi connectivity index (χ0n) is 14.7. The lowest BCUT2D eigenvalue weighted by molar-refractivity contribution is 0.0734. The Labute approximate surface area is 145 Å². The van der Waals surface area contributed by atoms with Gasteiger partial charge in [0.25, 0.3) is 5.91 Å². The SMILES string of the molecule is Cc1cc(C)c2c(c1)CN(C(=O)c1ccc3[nH]c(=O)n(C)c3c1)CC2. The van der Waals surface area contributed by atoms with Crippen molar-refractivity contribution >= 4 is 16.9 Å². The number of hydrogen-bond acceptors (Lipinski definition) is 2. The molecule has 1 amide bonds. The van der Waals surface area contributed by atoms with Crippen LogP contribution in [0.3, 0.4) is 0 Å². The van der Waals surface area contributed by atoms with E-state index in [4.69, 9.17) is 0 Å². The van der Waals surface area contributed by atoms with Crippen molar-refractivity contribution in [1.82, 2.24) is 14.5 Å². The summed E-state index contributed by atoms with van der Waals surface area (Å²) in [6.45, 7) is 5.60. The normalized spacial score (nSPS) is 14.0. The Morgan fingerprint density at radius 1 is 1.16 bits per heavy atom. The van der Waals surface area contributed by atoms with Crippen LogP contribution in [0.25, 0.3) is 11.0 Å². The van der Waals surface area contributed by atoms with Gasteiger partial charge in [0.15, 0.2) is 0 Å². The van der Waals surface area contributed by atoms with Gasteiger partial charge < -0.3 is 9.88 Å². The third-order valence-electron chi connectivity index (χ3n) is 5.14. The molecule has 0 aliphatic carbocycles. The zero-order valence-corrected chi connectivity index (χ0v) is 14.7. The molecule has 1 aliphatic rings. The third-order valence-corrected chi connectivity index (χ3v) is 5.14. The Balaban J connectivity index is 1.67. The van der Waals surface area contributed by atoms with Crippen LogP contribution in [-0.4, -0.2) is 26.9 Å². The van der Waals surface area contributed by atoms with Gasteiger partial charge in [-0.1, -0.05) is 17.7 Å². The molecule has 0 saturated carbocycles. The molecule has 4 rings (SSSR count). The second kappa shape index (κ2) is 5.62. The summed E-state index contributed by atoms with van der Waals surface area (Å²) in [5.74, 6) is 0.0142. The highest BCUT2D eigenvalue weighted by Crippen LogP contribution is 2.25. The molecule has 5 heteroatoms. The first-order chi connectivity index (χ1) is 11.9. The van der Waals surface area contributed by atoms with E-state index in [1.807, 2.05) is 4.90 Å². The standard InChI is InChI=1S/C20H21N3O2/c1-12-8-13(2)16-6-7-23(11-15(16)9-12)19(24)14-4-5-17-18(10-14)22(3)20(25)21-17/h4-5,8-10H,6-7,11H2,1-3H3,(H,21,25). The predicted octanol–water partition coefficient (Wildman–Crippen LogP) is 2.68. The monoisotopic (exact) mass is 335 g/mol. The Morgan fingerprint density at radius 3 is 2.76 bits per heavy atom. The highest BCUT2D eigenvalue weighted by atomic mass is 16.2. The van der Waals surface area contributed by atoms with E-state index in [-0.39, 0.29) is 11.6 Å². The number of imidazole rings is 1. The van der Waals surface area contributed by atoms with Crippen LogP contribution in [0.1, 0.15) is 32.6 Å². The maximum absolute atomic E-state index is 13.0. The maximum Gasteiger partial charge on any atom is 0.326 e. The first-order valence-electron chi connectivity index (χ1n) is 8.51. The number of aromatic amines is 1. The van der Waals surface area contributed by atoms with Crippen molar-refractivity contribution in [3.8, 4) is 0 Å². The number of carbonyl (C=O) groups excluding carboxylic acids is 1. The summed E-state index contributed by atoms with van der Waals surface area (Å²) in [7, 11) is 1.71. The molecule has 1 N–H and O–H groups in total. The van der Waals surface area contributed by atoms with Crippen LogP contribution in [0.15, 0.2) is 35.1 Å². The van der Waals surface area contributed by atoms with Gasteiger partial charge >= 0.3 is 5.69 Å². The van der Waals surface area contributed by atoms with E-state index in [1.165, 1.54) is 26.8 Å². The van der Waals surface area contributed by atoms with Gasteiger partial charge in [0.05, 0.1) is 11.0 Å². The minimum absolute atomic E-state index is 0.0142. The van der Waals surface area contributed by atoms with Gasteiger partial charge in [0.1, 0.15) is 0 Å². The van der Waals surface area contributed by atoms with Crippen molar-refractivity contribution in [2.24, 2.45) is 7.05 Å². The number of fused-ring (bicyclic) bond motifs is 2. The van der Waals surface area contributed by atoms with Crippen molar-refractivity contribution in [2.75, 3.05) is 6.54 Å². The fourth-order valence-electron chi connectivity index (χ4n) is 3.83. The molecule has 0 fully saturated rings. The minimum Gasteiger partial charge on any atom is -0.334 e. The van der Waals surface area contributed by atoms with Gasteiger partial charge in [0.2, 0.25) is 0 Å². The van der Waals surface area contributed by atoms with Crippen molar-refractivity contribution in [3.05, 3.63) is 68.6 Å². The van der Waals surface area contributed by atoms with Crippen LogP contribution in [0.4, 0.5) is 0 Å². The van der Waals surface area contributed by atoms with Crippen molar-refractivity contribution in [3.63, 3.8) is 0 Å². The van der Waals surface area contributed by atoms with Gasteiger partial charge in [-0.3, -0.25) is 9.36 Å². The van der Waals surface area contributed by atoms with Crippen LogP contribution in [0.5, 0.6) is 0 Å². The number of benzene rings is 2. The quantitative estimate of drug-likeness (QED) is 0.743. The number of aromatic nitrogens is 2. The van der Waals surface area contributed by atoms with Crippen LogP contribution >= 0.6 is 0 Å². The van der Waals surface area contributed by atoms with E-state index in [0.717, 1.165) is 24.0 Å². The molecular formula is C20H21N3O2. The van der Waals surface area contributed by atoms with E-state index in [1.54, 1.807) is 25.2 Å². The van der Waals surface area contributed by atoms with Gasteiger partial charge in [-0.05, 0) is 55.2 Å². The Morgan fingerprint density at radius 2 is 1.96 bits per heavy atom. The number of nitrogens with one attached hydrogen (secondary N) is 1. The highest BCUT2D eigenvalue weighted by Gasteiger charge is 2.23. The molecule has 0 bridgehead atoms. The molecule has 0 spiro atoms. The summed E-state index contributed by atoms with van der Waals surface area (Å²) < 4.78 is 1.53. The number of hydrogen-bond donors (Lipinski definition) is 1. The number of amides is 1. The smallest absolute Gasteiger partial charge is 0.326 e. The average Bonchev–Trinajstić information content (AvgIpc) is 2.87. The van der Waals surface area contributed by atoms with Crippen LogP contribution < -0.4 is 5.69 Å². The summed E-state index contributed by atoms with van der Waals surface area (Å²) in [4.78, 5) is 29.4. The fourth-order valence-corrected chi connectivity index (χ4v) is 3.83. The highest BCUT2D eigenvalue weighted by molar-refractivity contribution is 5.97. The lowest BCUT2D eigenvalue weighted by Crippen LogP contribution is -2.36. The number of nitrogens with zero attached hydrogens (tertiary/aromatic N) is 2. The van der Waals surface area contributed by atoms with Crippen LogP contribution in [0.2, 0.25) is 0 Å². The third kappa shape index (κ3) is 2.56. The predicted molar refractivity (Wildman–Crippen MR) is 97.9 cm³/mol. The van der Waals surface area contributed by atoms with E-state index in [9.17, 15) is 9.59 Å². The molecule has 128 valence electrons. The molecule has 0 saturated heterocycles. The topological polar surface area (TPSA) is 58.1 Å². The van der Waals surface area contributed by atoms with E-state index < -0.39 is 0 Å². The fraction of sp³-hybridized carbons (Fsp3) is 0.300. The molecule has 25 heavy (non-hydrogen) atoms. The second-order valence-corrected chi connectivity index (χ2v) is 6.92. The van der Waals surface area contributed by atoms with E-state index in [2.05, 4.69) is 31.0 Å². The molecule has 5 nitrogen and oxygen atoms in total. The van der Waals surface area contributed by atoms with Crippen molar-refractivity contribution < 1.29 is 4.79 Å². The summed E-state index contributed by atoms with van der Waals surface area (Å²) in [6.07, 6.45) is 0.887. The van der Waals surface area contributed by atoms with Crippen molar-refractivity contribution in [1.29, 1.82) is 0 Å². The summed E-state index contributed by atoms with van der Waals surface area (Å²) in [5, 5.41) is 0. The Hall–Kier alpha value is -2.82. The molecule has 3 aromatic rings. The molecule has 0 radical (unpaired) electrons. The minimum atomic E-state index is -0.169. The summed E-state index contributed by atoms with van der Waals surface area (Å²) >= 11 is 0. The number of rotatable bonds is 1. The number of carbonyl (C=O) groups is 1. The van der Waals surface area contributed by atoms with Gasteiger partial charge in [0, 0.05) is 25.7 Å². The molecular weight excluding hydrogens is 314 g/mol. The van der Waals surface area contributed by atoms with Gasteiger partial charge in [-0.2, -0.15) is 0 Å². The molecule has 0 atom stereocenters. The van der Waals surface area contributed by atoms with E-state index in [0.29, 0.717) is 12.1 Å². The van der Waals surface area contributed by atoms with Gasteiger partial charge in [-0.25, -0.2) is 4.79 Å². The molecule has 2 aromatic carbocycles. The van der Waals surface area contributed by atoms with E-state index >= 15 is 0 Å². The molecule has 1 aromatic heterocycles. The molecule has 2 heterocycles. The zero-order chi connectivity index (χ0) is 17.7. The first kappa shape index (κ1) is 15.7. The first-order valence-corrected chi connectivity index (χ1v) is 8.51. The second-order valence-electron chi connectivity index (χ2n) is 6.92. The Kier molecular flexibility index (Phi) is 3.53. The maximum atomic E-state index is 13.0. The van der Waals surface area contributed by atoms with Crippen LogP contribution in [0, 0.1) is 13.8 Å². The van der Waals surface area contributed by atoms with Crippen LogP contribution in [-0.2, 0) is 20.0 Å². The van der Waals surface area contributed by atoms with Crippen molar-refractivity contribution in [2.45, 2.75) is 26.8 Å². The number of aryl methyl sites for hydroxylation is 3. The largest absolute Gasteiger partial charge is 0.334 e. The number of H-pyrrole nitrogens is 1. The Bertz CT molecular complexity index is 1060.